The average Bonchev–Trinajstić information content (AvgIpc) is 2.54. The van der Waals surface area contributed by atoms with Crippen molar-refractivity contribution in [3.05, 3.63) is 45.9 Å². The number of benzene rings is 1. The second-order valence-electron chi connectivity index (χ2n) is 3.89. The van der Waals surface area contributed by atoms with E-state index < -0.39 is 0 Å². The predicted molar refractivity (Wildman–Crippen MR) is 69.1 cm³/mol. The van der Waals surface area contributed by atoms with Crippen LogP contribution in [0, 0.1) is 5.82 Å². The highest BCUT2D eigenvalue weighted by atomic mass is 79.9. The quantitative estimate of drug-likeness (QED) is 0.947. The molecule has 1 aromatic heterocycles. The monoisotopic (exact) mass is 297 g/mol. The lowest BCUT2D eigenvalue weighted by molar-refractivity contribution is 0.627. The van der Waals surface area contributed by atoms with Crippen LogP contribution in [0.4, 0.5) is 10.3 Å². The van der Waals surface area contributed by atoms with Crippen molar-refractivity contribution in [3.63, 3.8) is 0 Å². The van der Waals surface area contributed by atoms with Crippen LogP contribution in [0.5, 0.6) is 0 Å². The summed E-state index contributed by atoms with van der Waals surface area (Å²) in [5, 5.41) is 0. The first-order chi connectivity index (χ1) is 8.08. The Morgan fingerprint density at radius 2 is 1.94 bits per heavy atom. The number of imidazole rings is 1. The summed E-state index contributed by atoms with van der Waals surface area (Å²) in [6.07, 6.45) is 1.64. The number of nitrogens with two attached hydrogens (primary N) is 1. The van der Waals surface area contributed by atoms with E-state index in [9.17, 15) is 4.39 Å². The molecule has 2 aromatic rings. The first kappa shape index (κ1) is 12.1. The number of halogens is 2. The summed E-state index contributed by atoms with van der Waals surface area (Å²) < 4.78 is 15.4. The smallest absolute Gasteiger partial charge is 0.201 e. The molecule has 0 bridgehead atoms. The van der Waals surface area contributed by atoms with E-state index in [1.165, 1.54) is 12.1 Å². The van der Waals surface area contributed by atoms with Gasteiger partial charge in [-0.2, -0.15) is 0 Å². The normalized spacial score (nSPS) is 10.8. The van der Waals surface area contributed by atoms with E-state index in [1.807, 2.05) is 11.6 Å². The van der Waals surface area contributed by atoms with Crippen LogP contribution < -0.4 is 5.73 Å². The number of aryl methyl sites for hydroxylation is 1. The van der Waals surface area contributed by atoms with Gasteiger partial charge in [0.25, 0.3) is 0 Å². The van der Waals surface area contributed by atoms with Crippen molar-refractivity contribution >= 4 is 21.9 Å². The van der Waals surface area contributed by atoms with Crippen molar-refractivity contribution in [2.75, 3.05) is 5.73 Å². The fraction of sp³-hybridized carbons (Fsp3) is 0.250. The molecule has 0 atom stereocenters. The van der Waals surface area contributed by atoms with Gasteiger partial charge in [-0.25, -0.2) is 9.37 Å². The van der Waals surface area contributed by atoms with Crippen molar-refractivity contribution in [2.45, 2.75) is 12.8 Å². The Labute approximate surface area is 108 Å². The van der Waals surface area contributed by atoms with Gasteiger partial charge in [0.05, 0.1) is 5.69 Å². The molecule has 1 heterocycles. The molecule has 3 nitrogen and oxygen atoms in total. The average molecular weight is 298 g/mol. The van der Waals surface area contributed by atoms with Crippen LogP contribution in [0.15, 0.2) is 28.9 Å². The molecule has 0 saturated carbocycles. The lowest BCUT2D eigenvalue weighted by atomic mass is 10.1. The van der Waals surface area contributed by atoms with E-state index in [0.717, 1.165) is 28.7 Å². The largest absolute Gasteiger partial charge is 0.369 e. The second-order valence-corrected chi connectivity index (χ2v) is 4.64. The molecule has 0 spiro atoms. The zero-order valence-corrected chi connectivity index (χ0v) is 11.0. The van der Waals surface area contributed by atoms with Crippen LogP contribution in [-0.4, -0.2) is 9.55 Å². The second kappa shape index (κ2) is 4.87. The molecule has 0 fully saturated rings. The Bertz CT molecular complexity index is 519. The van der Waals surface area contributed by atoms with Crippen LogP contribution in [0.2, 0.25) is 0 Å². The van der Waals surface area contributed by atoms with E-state index in [4.69, 9.17) is 5.73 Å². The van der Waals surface area contributed by atoms with Crippen LogP contribution in [0.3, 0.4) is 0 Å². The molecular weight excluding hydrogens is 285 g/mol. The van der Waals surface area contributed by atoms with Gasteiger partial charge in [-0.3, -0.25) is 0 Å². The third-order valence-corrected chi connectivity index (χ3v) is 3.40. The Morgan fingerprint density at radius 3 is 2.47 bits per heavy atom. The van der Waals surface area contributed by atoms with Gasteiger partial charge in [-0.15, -0.1) is 0 Å². The molecule has 0 radical (unpaired) electrons. The van der Waals surface area contributed by atoms with Gasteiger partial charge in [0, 0.05) is 7.05 Å². The van der Waals surface area contributed by atoms with Crippen molar-refractivity contribution < 1.29 is 4.39 Å². The van der Waals surface area contributed by atoms with Gasteiger partial charge in [-0.1, -0.05) is 12.1 Å². The minimum atomic E-state index is -0.209. The van der Waals surface area contributed by atoms with Gasteiger partial charge in [0.15, 0.2) is 0 Å². The van der Waals surface area contributed by atoms with Crippen LogP contribution in [-0.2, 0) is 19.9 Å². The molecule has 0 aliphatic rings. The minimum Gasteiger partial charge on any atom is -0.369 e. The van der Waals surface area contributed by atoms with Gasteiger partial charge in [0.1, 0.15) is 10.4 Å². The number of nitrogens with zero attached hydrogens (tertiary/aromatic N) is 2. The molecule has 0 unspecified atom stereocenters. The zero-order valence-electron chi connectivity index (χ0n) is 9.45. The summed E-state index contributed by atoms with van der Waals surface area (Å²) >= 11 is 3.38. The number of anilines is 1. The standard InChI is InChI=1S/C12H13BrFN3/c1-17-10(11(13)16-12(17)15)7-4-8-2-5-9(14)6-3-8/h2-3,5-6H,4,7H2,1H3,(H2,15,16). The summed E-state index contributed by atoms with van der Waals surface area (Å²) in [6, 6.07) is 6.54. The maximum Gasteiger partial charge on any atom is 0.201 e. The molecular formula is C12H13BrFN3. The van der Waals surface area contributed by atoms with Crippen molar-refractivity contribution in [2.24, 2.45) is 7.05 Å². The molecule has 5 heteroatoms. The topological polar surface area (TPSA) is 43.8 Å². The van der Waals surface area contributed by atoms with Crippen molar-refractivity contribution in [3.8, 4) is 0 Å². The first-order valence-corrected chi connectivity index (χ1v) is 6.08. The predicted octanol–water partition coefficient (Wildman–Crippen LogP) is 2.69. The molecule has 1 aromatic carbocycles. The summed E-state index contributed by atoms with van der Waals surface area (Å²) in [4.78, 5) is 4.13. The number of hydrogen-bond donors (Lipinski definition) is 1. The molecule has 0 aliphatic carbocycles. The van der Waals surface area contributed by atoms with Crippen LogP contribution in [0.1, 0.15) is 11.3 Å². The summed E-state index contributed by atoms with van der Waals surface area (Å²) in [5.41, 5.74) is 7.85. The Balaban J connectivity index is 2.09. The Morgan fingerprint density at radius 1 is 1.29 bits per heavy atom. The molecule has 17 heavy (non-hydrogen) atoms. The third-order valence-electron chi connectivity index (χ3n) is 2.76. The minimum absolute atomic E-state index is 0.209. The lowest BCUT2D eigenvalue weighted by Crippen LogP contribution is -2.03. The first-order valence-electron chi connectivity index (χ1n) is 5.29. The number of rotatable bonds is 3. The SMILES string of the molecule is Cn1c(N)nc(Br)c1CCc1ccc(F)cc1. The highest BCUT2D eigenvalue weighted by molar-refractivity contribution is 9.10. The van der Waals surface area contributed by atoms with Crippen LogP contribution in [0.25, 0.3) is 0 Å². The zero-order chi connectivity index (χ0) is 12.4. The molecule has 2 N–H and O–H groups in total. The summed E-state index contributed by atoms with van der Waals surface area (Å²) in [6.45, 7) is 0. The Hall–Kier alpha value is -1.36. The fourth-order valence-corrected chi connectivity index (χ4v) is 2.35. The number of nitrogen functional groups attached to an aromatic ring is 1. The maximum absolute atomic E-state index is 12.7. The van der Waals surface area contributed by atoms with Crippen LogP contribution >= 0.6 is 15.9 Å². The maximum atomic E-state index is 12.7. The summed E-state index contributed by atoms with van der Waals surface area (Å²) in [7, 11) is 1.88. The van der Waals surface area contributed by atoms with E-state index in [2.05, 4.69) is 20.9 Å². The summed E-state index contributed by atoms with van der Waals surface area (Å²) in [5.74, 6) is 0.283. The molecule has 0 amide bonds. The van der Waals surface area contributed by atoms with E-state index in [1.54, 1.807) is 12.1 Å². The molecule has 0 saturated heterocycles. The third kappa shape index (κ3) is 2.66. The highest BCUT2D eigenvalue weighted by Crippen LogP contribution is 2.20. The molecule has 2 rings (SSSR count). The van der Waals surface area contributed by atoms with E-state index >= 15 is 0 Å². The van der Waals surface area contributed by atoms with Gasteiger partial charge in [-0.05, 0) is 46.5 Å². The number of aromatic nitrogens is 2. The van der Waals surface area contributed by atoms with E-state index in [0.29, 0.717) is 5.95 Å². The number of hydrogen-bond acceptors (Lipinski definition) is 2. The van der Waals surface area contributed by atoms with E-state index in [-0.39, 0.29) is 5.82 Å². The molecule has 0 aliphatic heterocycles. The van der Waals surface area contributed by atoms with Crippen molar-refractivity contribution in [1.82, 2.24) is 9.55 Å². The van der Waals surface area contributed by atoms with Gasteiger partial charge in [0.2, 0.25) is 5.95 Å². The lowest BCUT2D eigenvalue weighted by Gasteiger charge is -2.04. The van der Waals surface area contributed by atoms with Gasteiger partial charge >= 0.3 is 0 Å². The Kier molecular flexibility index (Phi) is 3.47. The van der Waals surface area contributed by atoms with Gasteiger partial charge < -0.3 is 10.3 Å². The van der Waals surface area contributed by atoms with Crippen molar-refractivity contribution in [1.29, 1.82) is 0 Å². The highest BCUT2D eigenvalue weighted by Gasteiger charge is 2.10. The molecule has 90 valence electrons. The fourth-order valence-electron chi connectivity index (χ4n) is 1.70.